The second-order valence-electron chi connectivity index (χ2n) is 5.18. The van der Waals surface area contributed by atoms with E-state index in [1.807, 2.05) is 0 Å². The molecule has 0 saturated heterocycles. The van der Waals surface area contributed by atoms with Crippen molar-refractivity contribution >= 4 is 23.4 Å². The highest BCUT2D eigenvalue weighted by molar-refractivity contribution is 6.05. The predicted octanol–water partition coefficient (Wildman–Crippen LogP) is 1.25. The van der Waals surface area contributed by atoms with Gasteiger partial charge < -0.3 is 16.2 Å². The van der Waals surface area contributed by atoms with Crippen molar-refractivity contribution in [1.29, 1.82) is 0 Å². The highest BCUT2D eigenvalue weighted by Gasteiger charge is 2.13. The zero-order valence-electron chi connectivity index (χ0n) is 13.0. The number of hydrogen-bond acceptors (Lipinski definition) is 6. The minimum atomic E-state index is -0.989. The molecule has 0 fully saturated rings. The molecule has 9 nitrogen and oxygen atoms in total. The van der Waals surface area contributed by atoms with Crippen LogP contribution in [0.2, 0.25) is 0 Å². The molecule has 0 bridgehead atoms. The summed E-state index contributed by atoms with van der Waals surface area (Å²) in [4.78, 5) is 30.8. The van der Waals surface area contributed by atoms with Gasteiger partial charge in [-0.2, -0.15) is 5.10 Å². The van der Waals surface area contributed by atoms with Crippen molar-refractivity contribution in [3.05, 3.63) is 65.9 Å². The quantitative estimate of drug-likeness (QED) is 0.637. The fraction of sp³-hybridized carbons (Fsp3) is 0.0625. The van der Waals surface area contributed by atoms with E-state index >= 15 is 0 Å². The predicted molar refractivity (Wildman–Crippen MR) is 89.1 cm³/mol. The Morgan fingerprint density at radius 3 is 2.80 bits per heavy atom. The lowest BCUT2D eigenvalue weighted by Gasteiger charge is -2.04. The van der Waals surface area contributed by atoms with Gasteiger partial charge in [-0.15, -0.1) is 0 Å². The summed E-state index contributed by atoms with van der Waals surface area (Å²) >= 11 is 0. The number of amides is 1. The largest absolute Gasteiger partial charge is 0.478 e. The van der Waals surface area contributed by atoms with Crippen LogP contribution < -0.4 is 11.1 Å². The van der Waals surface area contributed by atoms with Crippen LogP contribution in [0.25, 0.3) is 0 Å². The summed E-state index contributed by atoms with van der Waals surface area (Å²) < 4.78 is 1.58. The van der Waals surface area contributed by atoms with Crippen molar-refractivity contribution in [3.63, 3.8) is 0 Å². The first-order chi connectivity index (χ1) is 12.0. The monoisotopic (exact) mass is 338 g/mol. The van der Waals surface area contributed by atoms with E-state index in [0.717, 1.165) is 5.56 Å². The molecule has 25 heavy (non-hydrogen) atoms. The summed E-state index contributed by atoms with van der Waals surface area (Å²) in [5, 5.41) is 15.8. The second-order valence-corrected chi connectivity index (χ2v) is 5.18. The molecule has 3 rings (SSSR count). The van der Waals surface area contributed by atoms with Gasteiger partial charge in [-0.05, 0) is 17.7 Å². The van der Waals surface area contributed by atoms with Gasteiger partial charge in [0.1, 0.15) is 0 Å². The number of hydrogen-bond donors (Lipinski definition) is 3. The molecule has 9 heteroatoms. The Morgan fingerprint density at radius 1 is 1.24 bits per heavy atom. The summed E-state index contributed by atoms with van der Waals surface area (Å²) in [6.45, 7) is 0.365. The number of aromatic carboxylic acids is 1. The molecule has 3 aromatic rings. The first-order valence-electron chi connectivity index (χ1n) is 7.25. The molecule has 2 heterocycles. The van der Waals surface area contributed by atoms with Gasteiger partial charge in [0.25, 0.3) is 5.91 Å². The van der Waals surface area contributed by atoms with Crippen LogP contribution in [0.1, 0.15) is 26.4 Å². The molecule has 0 radical (unpaired) electrons. The lowest BCUT2D eigenvalue weighted by molar-refractivity contribution is 0.0696. The van der Waals surface area contributed by atoms with Crippen molar-refractivity contribution < 1.29 is 14.7 Å². The van der Waals surface area contributed by atoms with Crippen molar-refractivity contribution in [2.45, 2.75) is 6.54 Å². The molecule has 0 saturated carbocycles. The first-order valence-corrected chi connectivity index (χ1v) is 7.25. The Kier molecular flexibility index (Phi) is 4.38. The molecular weight excluding hydrogens is 324 g/mol. The normalized spacial score (nSPS) is 10.4. The lowest BCUT2D eigenvalue weighted by atomic mass is 10.1. The van der Waals surface area contributed by atoms with Gasteiger partial charge in [-0.1, -0.05) is 12.1 Å². The second kappa shape index (κ2) is 6.79. The average molecular weight is 338 g/mol. The summed E-state index contributed by atoms with van der Waals surface area (Å²) in [6.07, 6.45) is 5.88. The molecule has 0 unspecified atom stereocenters. The number of nitrogen functional groups attached to an aromatic ring is 1. The molecule has 1 aromatic carbocycles. The number of carboxylic acid groups (broad SMARTS) is 1. The van der Waals surface area contributed by atoms with Gasteiger partial charge in [-0.25, -0.2) is 14.8 Å². The van der Waals surface area contributed by atoms with Crippen LogP contribution in [-0.4, -0.2) is 36.7 Å². The van der Waals surface area contributed by atoms with Crippen LogP contribution in [0.3, 0.4) is 0 Å². The Hall–Kier alpha value is -3.75. The molecule has 0 aliphatic heterocycles. The number of carbonyl (C=O) groups is 2. The Morgan fingerprint density at radius 2 is 2.04 bits per heavy atom. The minimum Gasteiger partial charge on any atom is -0.478 e. The number of nitrogens with zero attached hydrogens (tertiary/aromatic N) is 4. The molecule has 0 spiro atoms. The van der Waals surface area contributed by atoms with E-state index in [0.29, 0.717) is 12.2 Å². The zero-order valence-corrected chi connectivity index (χ0v) is 13.0. The maximum Gasteiger partial charge on any atom is 0.335 e. The van der Waals surface area contributed by atoms with Gasteiger partial charge in [0, 0.05) is 18.6 Å². The van der Waals surface area contributed by atoms with Crippen molar-refractivity contribution in [3.8, 4) is 0 Å². The smallest absolute Gasteiger partial charge is 0.335 e. The molecule has 4 N–H and O–H groups in total. The molecule has 126 valence electrons. The maximum absolute atomic E-state index is 12.1. The van der Waals surface area contributed by atoms with Crippen LogP contribution in [0.5, 0.6) is 0 Å². The standard InChI is InChI=1S/C16H14N6O3/c17-14-13(18-4-5-19-14)15(23)21-12-7-20-22(9-12)8-10-2-1-3-11(6-10)16(24)25/h1-7,9H,8H2,(H2,17,19)(H,21,23)(H,24,25). The number of carbonyl (C=O) groups excluding carboxylic acids is 1. The third-order valence-corrected chi connectivity index (χ3v) is 3.35. The van der Waals surface area contributed by atoms with Gasteiger partial charge in [0.2, 0.25) is 0 Å². The van der Waals surface area contributed by atoms with E-state index in [-0.39, 0.29) is 17.1 Å². The number of nitrogens with one attached hydrogen (secondary N) is 1. The van der Waals surface area contributed by atoms with E-state index in [2.05, 4.69) is 20.4 Å². The Labute approximate surface area is 142 Å². The van der Waals surface area contributed by atoms with E-state index in [1.54, 1.807) is 29.1 Å². The molecule has 2 aromatic heterocycles. The van der Waals surface area contributed by atoms with E-state index in [4.69, 9.17) is 10.8 Å². The summed E-state index contributed by atoms with van der Waals surface area (Å²) in [7, 11) is 0. The highest BCUT2D eigenvalue weighted by atomic mass is 16.4. The molecule has 0 aliphatic carbocycles. The van der Waals surface area contributed by atoms with E-state index in [1.165, 1.54) is 24.7 Å². The Balaban J connectivity index is 1.70. The zero-order chi connectivity index (χ0) is 17.8. The number of anilines is 2. The SMILES string of the molecule is Nc1nccnc1C(=O)Nc1cnn(Cc2cccc(C(=O)O)c2)c1. The summed E-state index contributed by atoms with van der Waals surface area (Å²) in [5.74, 6) is -1.44. The van der Waals surface area contributed by atoms with E-state index in [9.17, 15) is 9.59 Å². The summed E-state index contributed by atoms with van der Waals surface area (Å²) in [5.41, 5.74) is 7.09. The molecule has 0 atom stereocenters. The highest BCUT2D eigenvalue weighted by Crippen LogP contribution is 2.12. The molecular formula is C16H14N6O3. The van der Waals surface area contributed by atoms with Crippen LogP contribution in [0.4, 0.5) is 11.5 Å². The first kappa shape index (κ1) is 16.1. The maximum atomic E-state index is 12.1. The topological polar surface area (TPSA) is 136 Å². The van der Waals surface area contributed by atoms with E-state index < -0.39 is 11.9 Å². The average Bonchev–Trinajstić information content (AvgIpc) is 3.02. The molecule has 0 aliphatic rings. The fourth-order valence-corrected chi connectivity index (χ4v) is 2.22. The van der Waals surface area contributed by atoms with Crippen molar-refractivity contribution in [1.82, 2.24) is 19.7 Å². The fourth-order valence-electron chi connectivity index (χ4n) is 2.22. The number of carboxylic acids is 1. The third kappa shape index (κ3) is 3.78. The van der Waals surface area contributed by atoms with Crippen molar-refractivity contribution in [2.75, 3.05) is 11.1 Å². The molecule has 1 amide bonds. The number of aromatic nitrogens is 4. The van der Waals surface area contributed by atoms with Gasteiger partial charge in [0.05, 0.1) is 24.0 Å². The van der Waals surface area contributed by atoms with Crippen molar-refractivity contribution in [2.24, 2.45) is 0 Å². The lowest BCUT2D eigenvalue weighted by Crippen LogP contribution is -2.16. The number of rotatable bonds is 5. The van der Waals surface area contributed by atoms with Crippen LogP contribution in [0, 0.1) is 0 Å². The van der Waals surface area contributed by atoms with Crippen LogP contribution in [-0.2, 0) is 6.54 Å². The van der Waals surface area contributed by atoms with Gasteiger partial charge >= 0.3 is 5.97 Å². The third-order valence-electron chi connectivity index (χ3n) is 3.35. The minimum absolute atomic E-state index is 0.0319. The summed E-state index contributed by atoms with van der Waals surface area (Å²) in [6, 6.07) is 6.56. The number of benzene rings is 1. The van der Waals surface area contributed by atoms with Crippen LogP contribution >= 0.6 is 0 Å². The van der Waals surface area contributed by atoms with Gasteiger partial charge in [-0.3, -0.25) is 9.48 Å². The Bertz CT molecular complexity index is 937. The van der Waals surface area contributed by atoms with Crippen LogP contribution in [0.15, 0.2) is 49.1 Å². The number of nitrogens with two attached hydrogens (primary N) is 1. The van der Waals surface area contributed by atoms with Gasteiger partial charge in [0.15, 0.2) is 11.5 Å².